The first-order valence-corrected chi connectivity index (χ1v) is 18.8. The van der Waals surface area contributed by atoms with E-state index in [1.165, 1.54) is 83.1 Å². The lowest BCUT2D eigenvalue weighted by Crippen LogP contribution is -2.24. The van der Waals surface area contributed by atoms with Crippen LogP contribution in [0, 0.1) is 5.41 Å². The monoisotopic (exact) mass is 674 g/mol. The van der Waals surface area contributed by atoms with Crippen LogP contribution >= 0.6 is 0 Å². The molecule has 0 radical (unpaired) electrons. The van der Waals surface area contributed by atoms with Crippen molar-refractivity contribution in [3.63, 3.8) is 0 Å². The van der Waals surface area contributed by atoms with Gasteiger partial charge in [0.25, 0.3) is 0 Å². The minimum Gasteiger partial charge on any atom is -0.310 e. The standard InChI is InChI=1S/C50H46N2/c1-49(2,3)33-35-31-45(52(38-22-14-8-15-23-38)39-24-16-9-17-25-39)42-32-43-46-34(28-29-50(43,4)5)30-44(41-27-26-40(35)47(42)48(41)46)51(36-18-10-6-11-19-36)37-20-12-7-13-21-37/h6-27,30-32H,28-29,33H2,1-5H3. The van der Waals surface area contributed by atoms with Crippen LogP contribution in [0.5, 0.6) is 0 Å². The summed E-state index contributed by atoms with van der Waals surface area (Å²) in [6, 6.07) is 56.1. The Labute approximate surface area is 308 Å². The van der Waals surface area contributed by atoms with E-state index in [0.717, 1.165) is 19.3 Å². The van der Waals surface area contributed by atoms with Crippen LogP contribution < -0.4 is 9.80 Å². The molecule has 0 aliphatic heterocycles. The smallest absolute Gasteiger partial charge is 0.0543 e. The number of anilines is 6. The Morgan fingerprint density at radius 2 is 0.962 bits per heavy atom. The average Bonchev–Trinajstić information content (AvgIpc) is 3.15. The zero-order valence-electron chi connectivity index (χ0n) is 30.9. The highest BCUT2D eigenvalue weighted by atomic mass is 15.1. The van der Waals surface area contributed by atoms with Crippen LogP contribution in [-0.2, 0) is 18.3 Å². The zero-order chi connectivity index (χ0) is 35.6. The van der Waals surface area contributed by atoms with Gasteiger partial charge in [0.05, 0.1) is 11.4 Å². The zero-order valence-corrected chi connectivity index (χ0v) is 30.9. The third-order valence-electron chi connectivity index (χ3n) is 11.1. The van der Waals surface area contributed by atoms with Crippen molar-refractivity contribution < 1.29 is 0 Å². The Hall–Kier alpha value is -5.60. The van der Waals surface area contributed by atoms with Crippen molar-refractivity contribution in [2.75, 3.05) is 9.80 Å². The summed E-state index contributed by atoms with van der Waals surface area (Å²) in [4.78, 5) is 4.96. The van der Waals surface area contributed by atoms with Gasteiger partial charge < -0.3 is 9.80 Å². The van der Waals surface area contributed by atoms with E-state index in [0.29, 0.717) is 0 Å². The summed E-state index contributed by atoms with van der Waals surface area (Å²) < 4.78 is 0. The van der Waals surface area contributed by atoms with Gasteiger partial charge in [-0.15, -0.1) is 0 Å². The largest absolute Gasteiger partial charge is 0.310 e. The lowest BCUT2D eigenvalue weighted by Gasteiger charge is -2.37. The van der Waals surface area contributed by atoms with Gasteiger partial charge in [0.2, 0.25) is 0 Å². The highest BCUT2D eigenvalue weighted by Gasteiger charge is 2.34. The average molecular weight is 675 g/mol. The van der Waals surface area contributed by atoms with Gasteiger partial charge in [-0.1, -0.05) is 120 Å². The number of hydrogen-bond acceptors (Lipinski definition) is 2. The summed E-state index contributed by atoms with van der Waals surface area (Å²) >= 11 is 0. The summed E-state index contributed by atoms with van der Waals surface area (Å²) in [6.45, 7) is 12.0. The molecule has 1 aliphatic carbocycles. The van der Waals surface area contributed by atoms with Crippen LogP contribution in [-0.4, -0.2) is 0 Å². The first kappa shape index (κ1) is 32.3. The quantitative estimate of drug-likeness (QED) is 0.155. The van der Waals surface area contributed by atoms with Gasteiger partial charge >= 0.3 is 0 Å². The van der Waals surface area contributed by atoms with E-state index in [2.05, 4.69) is 196 Å². The number of hydrogen-bond donors (Lipinski definition) is 0. The predicted molar refractivity (Wildman–Crippen MR) is 224 cm³/mol. The molecular weight excluding hydrogens is 629 g/mol. The molecule has 0 aromatic heterocycles. The van der Waals surface area contributed by atoms with E-state index < -0.39 is 0 Å². The van der Waals surface area contributed by atoms with Crippen molar-refractivity contribution in [2.45, 2.75) is 59.3 Å². The molecule has 9 rings (SSSR count). The highest BCUT2D eigenvalue weighted by molar-refractivity contribution is 6.30. The molecule has 0 fully saturated rings. The summed E-state index contributed by atoms with van der Waals surface area (Å²) in [5.74, 6) is 0. The van der Waals surface area contributed by atoms with Crippen molar-refractivity contribution in [1.82, 2.24) is 0 Å². The SMILES string of the molecule is CC(C)(C)Cc1cc(N(c2ccccc2)c2ccccc2)c2cc3c4c(cc(N(c5ccccc5)c5ccccc5)c5ccc1c2c54)CCC3(C)C. The Kier molecular flexibility index (Phi) is 7.63. The van der Waals surface area contributed by atoms with Crippen molar-refractivity contribution in [3.8, 4) is 0 Å². The maximum atomic E-state index is 2.58. The summed E-state index contributed by atoms with van der Waals surface area (Å²) in [7, 11) is 0. The molecular formula is C50H46N2. The topological polar surface area (TPSA) is 6.48 Å². The van der Waals surface area contributed by atoms with Crippen molar-refractivity contribution in [2.24, 2.45) is 5.41 Å². The lowest BCUT2D eigenvalue weighted by atomic mass is 9.70. The summed E-state index contributed by atoms with van der Waals surface area (Å²) in [5.41, 5.74) is 11.6. The van der Waals surface area contributed by atoms with Crippen molar-refractivity contribution >= 4 is 66.4 Å². The van der Waals surface area contributed by atoms with E-state index in [4.69, 9.17) is 0 Å². The fourth-order valence-corrected chi connectivity index (χ4v) is 8.78. The van der Waals surface area contributed by atoms with Gasteiger partial charge in [0, 0.05) is 38.9 Å². The van der Waals surface area contributed by atoms with Gasteiger partial charge in [-0.3, -0.25) is 0 Å². The molecule has 0 amide bonds. The van der Waals surface area contributed by atoms with Gasteiger partial charge in [0.1, 0.15) is 0 Å². The van der Waals surface area contributed by atoms with Crippen LogP contribution in [0.4, 0.5) is 34.1 Å². The number of rotatable bonds is 7. The second kappa shape index (κ2) is 12.3. The fourth-order valence-electron chi connectivity index (χ4n) is 8.78. The molecule has 256 valence electrons. The second-order valence-corrected chi connectivity index (χ2v) is 16.5. The molecule has 0 bridgehead atoms. The summed E-state index contributed by atoms with van der Waals surface area (Å²) in [6.07, 6.45) is 3.14. The second-order valence-electron chi connectivity index (χ2n) is 16.5. The lowest BCUT2D eigenvalue weighted by molar-refractivity contribution is 0.413. The minimum atomic E-state index is 0.0333. The number of nitrogens with zero attached hydrogens (tertiary/aromatic N) is 2. The van der Waals surface area contributed by atoms with E-state index >= 15 is 0 Å². The van der Waals surface area contributed by atoms with Crippen LogP contribution in [0.25, 0.3) is 32.3 Å². The molecule has 52 heavy (non-hydrogen) atoms. The molecule has 0 N–H and O–H groups in total. The molecule has 2 nitrogen and oxygen atoms in total. The van der Waals surface area contributed by atoms with E-state index in [-0.39, 0.29) is 10.8 Å². The Morgan fingerprint density at radius 1 is 0.500 bits per heavy atom. The molecule has 0 saturated heterocycles. The molecule has 8 aromatic rings. The third-order valence-corrected chi connectivity index (χ3v) is 11.1. The molecule has 0 heterocycles. The van der Waals surface area contributed by atoms with Crippen molar-refractivity contribution in [1.29, 1.82) is 0 Å². The first-order valence-electron chi connectivity index (χ1n) is 18.8. The Morgan fingerprint density at radius 3 is 1.44 bits per heavy atom. The van der Waals surface area contributed by atoms with Crippen LogP contribution in [0.1, 0.15) is 57.7 Å². The molecule has 8 aromatic carbocycles. The molecule has 0 saturated carbocycles. The van der Waals surface area contributed by atoms with Gasteiger partial charge in [-0.2, -0.15) is 0 Å². The normalized spacial score (nSPS) is 13.9. The molecule has 2 heteroatoms. The number of benzene rings is 8. The number of aryl methyl sites for hydroxylation is 1. The van der Waals surface area contributed by atoms with Crippen molar-refractivity contribution in [3.05, 3.63) is 168 Å². The van der Waals surface area contributed by atoms with Crippen LogP contribution in [0.15, 0.2) is 152 Å². The molecule has 0 atom stereocenters. The highest BCUT2D eigenvalue weighted by Crippen LogP contribution is 2.54. The Balaban J connectivity index is 1.47. The van der Waals surface area contributed by atoms with E-state index in [1.54, 1.807) is 0 Å². The molecule has 1 aliphatic rings. The first-order chi connectivity index (χ1) is 25.2. The predicted octanol–water partition coefficient (Wildman–Crippen LogP) is 14.3. The van der Waals surface area contributed by atoms with E-state index in [1.807, 2.05) is 0 Å². The Bertz CT molecular complexity index is 2450. The maximum absolute atomic E-state index is 2.58. The molecule has 0 spiro atoms. The van der Waals surface area contributed by atoms with E-state index in [9.17, 15) is 0 Å². The summed E-state index contributed by atoms with van der Waals surface area (Å²) in [5, 5.41) is 8.23. The van der Waals surface area contributed by atoms with Crippen LogP contribution in [0.2, 0.25) is 0 Å². The van der Waals surface area contributed by atoms with Gasteiger partial charge in [0.15, 0.2) is 0 Å². The number of para-hydroxylation sites is 4. The maximum Gasteiger partial charge on any atom is 0.0543 e. The van der Waals surface area contributed by atoms with Gasteiger partial charge in [-0.05, 0) is 130 Å². The third kappa shape index (κ3) is 5.40. The minimum absolute atomic E-state index is 0.0333. The molecule has 0 unspecified atom stereocenters. The van der Waals surface area contributed by atoms with Gasteiger partial charge in [-0.25, -0.2) is 0 Å². The van der Waals surface area contributed by atoms with Crippen LogP contribution in [0.3, 0.4) is 0 Å². The fraction of sp³-hybridized carbons (Fsp3) is 0.200.